The normalized spacial score (nSPS) is 21.8. The maximum Gasteiger partial charge on any atom is 0.404 e. The van der Waals surface area contributed by atoms with Gasteiger partial charge < -0.3 is 46.6 Å². The molecule has 4 aliphatic rings. The number of thiophene rings is 1. The zero-order valence-corrected chi connectivity index (χ0v) is 36.4. The van der Waals surface area contributed by atoms with Gasteiger partial charge in [0.05, 0.1) is 23.7 Å². The van der Waals surface area contributed by atoms with Crippen molar-refractivity contribution < 1.29 is 75.6 Å². The van der Waals surface area contributed by atoms with E-state index in [4.69, 9.17) is 16.2 Å². The van der Waals surface area contributed by atoms with Gasteiger partial charge in [-0.3, -0.25) is 38.3 Å². The number of hydrogen-bond donors (Lipinski definition) is 6. The van der Waals surface area contributed by atoms with E-state index in [2.05, 4.69) is 15.4 Å². The molecule has 0 spiro atoms. The van der Waals surface area contributed by atoms with Crippen molar-refractivity contribution in [3.8, 4) is 0 Å². The highest BCUT2D eigenvalue weighted by Crippen LogP contribution is 2.47. The van der Waals surface area contributed by atoms with Crippen LogP contribution in [0.5, 0.6) is 0 Å². The molecule has 7 rings (SSSR count). The van der Waals surface area contributed by atoms with Crippen LogP contribution in [-0.4, -0.2) is 123 Å². The highest BCUT2D eigenvalue weighted by molar-refractivity contribution is 8.00. The number of carboxylic acid groups (broad SMARTS) is 2. The number of nitrogens with two attached hydrogens (primary N) is 2. The van der Waals surface area contributed by atoms with Crippen LogP contribution in [0.2, 0.25) is 0 Å². The first-order valence-electron chi connectivity index (χ1n) is 18.5. The second kappa shape index (κ2) is 19.2. The van der Waals surface area contributed by atoms with Gasteiger partial charge in [0, 0.05) is 46.8 Å². The topological polar surface area (TPSA) is 339 Å². The fraction of sp³-hybridized carbons (Fsp3) is 0.289. The summed E-state index contributed by atoms with van der Waals surface area (Å²) in [6.45, 7) is -0.257. The van der Waals surface area contributed by atoms with Crippen LogP contribution >= 0.6 is 34.9 Å². The number of carbonyl (C=O) groups is 8. The molecule has 0 saturated carbocycles. The molecule has 4 aliphatic heterocycles. The highest BCUT2D eigenvalue weighted by atomic mass is 32.2. The third-order valence-corrected chi connectivity index (χ3v) is 14.7. The molecular formula is C38H37N7O15S4. The summed E-state index contributed by atoms with van der Waals surface area (Å²) in [5, 5.41) is 24.7. The minimum atomic E-state index is -4.86. The Bertz CT molecular complexity index is 2570. The van der Waals surface area contributed by atoms with E-state index in [0.717, 1.165) is 14.7 Å². The van der Waals surface area contributed by atoms with Crippen molar-refractivity contribution in [3.63, 3.8) is 0 Å². The van der Waals surface area contributed by atoms with Gasteiger partial charge in [-0.1, -0.05) is 36.4 Å². The number of nitrogens with zero attached hydrogens (tertiary/aromatic N) is 3. The van der Waals surface area contributed by atoms with Gasteiger partial charge in [-0.05, 0) is 17.0 Å². The summed E-state index contributed by atoms with van der Waals surface area (Å²) in [5.74, 6) is -6.20. The number of amides is 6. The van der Waals surface area contributed by atoms with Crippen molar-refractivity contribution in [2.75, 3.05) is 25.2 Å². The lowest BCUT2D eigenvalue weighted by atomic mass is 9.98. The first kappa shape index (κ1) is 47.2. The van der Waals surface area contributed by atoms with E-state index >= 15 is 0 Å². The molecule has 0 bridgehead atoms. The number of rotatable bonds is 15. The summed E-state index contributed by atoms with van der Waals surface area (Å²) in [5.41, 5.74) is 8.73. The van der Waals surface area contributed by atoms with Gasteiger partial charge in [-0.15, -0.1) is 34.9 Å². The molecule has 338 valence electrons. The van der Waals surface area contributed by atoms with Gasteiger partial charge in [0.15, 0.2) is 24.2 Å². The van der Waals surface area contributed by atoms with Crippen LogP contribution < -0.4 is 31.8 Å². The fourth-order valence-electron chi connectivity index (χ4n) is 7.09. The lowest BCUT2D eigenvalue weighted by Crippen LogP contribution is -2.80. The number of benzene rings is 1. The van der Waals surface area contributed by atoms with Gasteiger partial charge in [-0.2, -0.15) is 8.42 Å². The third kappa shape index (κ3) is 9.60. The Morgan fingerprint density at radius 3 is 2.20 bits per heavy atom. The van der Waals surface area contributed by atoms with Crippen molar-refractivity contribution in [3.05, 3.63) is 111 Å². The monoisotopic (exact) mass is 959 g/mol. The minimum absolute atomic E-state index is 0.00871. The first-order chi connectivity index (χ1) is 30.3. The Morgan fingerprint density at radius 2 is 1.64 bits per heavy atom. The highest BCUT2D eigenvalue weighted by Gasteiger charge is 2.66. The Labute approximate surface area is 375 Å². The average Bonchev–Trinajstić information content (AvgIpc) is 3.76. The number of aliphatic carboxylic acids is 2. The molecule has 0 aliphatic carbocycles. The molecule has 8 N–H and O–H groups in total. The van der Waals surface area contributed by atoms with Gasteiger partial charge >= 0.3 is 12.1 Å². The van der Waals surface area contributed by atoms with E-state index in [-0.39, 0.29) is 59.2 Å². The van der Waals surface area contributed by atoms with Crippen LogP contribution in [0.3, 0.4) is 0 Å². The van der Waals surface area contributed by atoms with E-state index in [1.807, 2.05) is 11.4 Å². The number of aromatic nitrogens is 1. The molecule has 1 unspecified atom stereocenters. The van der Waals surface area contributed by atoms with Crippen LogP contribution in [-0.2, 0) is 61.3 Å². The molecule has 26 heteroatoms. The molecule has 1 aromatic carbocycles. The molecule has 22 nitrogen and oxygen atoms in total. The molecule has 64 heavy (non-hydrogen) atoms. The molecule has 2 fully saturated rings. The van der Waals surface area contributed by atoms with E-state index in [0.29, 0.717) is 5.57 Å². The predicted octanol–water partition coefficient (Wildman–Crippen LogP) is -1.80. The first-order valence-corrected chi connectivity index (χ1v) is 23.0. The predicted molar refractivity (Wildman–Crippen MR) is 222 cm³/mol. The molecule has 6 amide bonds. The number of fused-ring (bicyclic) bond motifs is 2. The zero-order chi connectivity index (χ0) is 46.7. The lowest BCUT2D eigenvalue weighted by Gasteiger charge is -2.55. The van der Waals surface area contributed by atoms with Crippen LogP contribution in [0.15, 0.2) is 94.9 Å². The van der Waals surface area contributed by atoms with Crippen LogP contribution in [0.1, 0.15) is 26.0 Å². The average molecular weight is 960 g/mol. The van der Waals surface area contributed by atoms with E-state index in [1.54, 1.807) is 16.7 Å². The van der Waals surface area contributed by atoms with Crippen LogP contribution in [0.25, 0.3) is 0 Å². The number of thioether (sulfide) groups is 2. The fourth-order valence-corrected chi connectivity index (χ4v) is 11.4. The van der Waals surface area contributed by atoms with Gasteiger partial charge in [-0.25, -0.2) is 14.2 Å². The molecule has 5 atom stereocenters. The summed E-state index contributed by atoms with van der Waals surface area (Å²) < 4.78 is 45.1. The smallest absolute Gasteiger partial charge is 0.404 e. The summed E-state index contributed by atoms with van der Waals surface area (Å²) in [6.07, 6.45) is 2.10. The van der Waals surface area contributed by atoms with Crippen molar-refractivity contribution in [1.82, 2.24) is 20.4 Å². The lowest BCUT2D eigenvalue weighted by molar-refractivity contribution is -0.689. The molecule has 2 saturated heterocycles. The third-order valence-electron chi connectivity index (χ3n) is 9.99. The standard InChI is InChI=1S/C22H20N4O8S2.C16H17N3O7S2/c23-18(27)13-6-8-25(9-7-13)10-14-11-35-21-15(20(29)26(21)16(14)22(30)31)24-19(28)17(36(32,33)34)12-4-2-1-3-5-12;1-25-16(18-10(20)5-9-3-2-4-27-9)13(23)19-11(12(21)22)8(6-26-15(17)24)7-28-14(16)19/h1-9,15,17,21H,10-11H2,(H4-,23,24,27,28,30,31,32,33,34);2-4,14H,5-7H2,1H3,(H2,17,24)(H,18,20)(H,21,22)/t15-,17?,21-;14-,16+/m11/s1. The number of primary amides is 2. The quantitative estimate of drug-likeness (QED) is 0.0424. The Hall–Kier alpha value is -6.32. The van der Waals surface area contributed by atoms with Crippen molar-refractivity contribution >= 4 is 92.5 Å². The number of pyridine rings is 1. The minimum Gasteiger partial charge on any atom is -0.543 e. The van der Waals surface area contributed by atoms with Crippen LogP contribution in [0.4, 0.5) is 4.79 Å². The molecule has 2 aromatic heterocycles. The largest absolute Gasteiger partial charge is 0.543 e. The number of carboxylic acids is 2. The summed E-state index contributed by atoms with van der Waals surface area (Å²) in [4.78, 5) is 99.5. The number of β-lactam (4-membered cyclic amide) rings is 2. The number of hydrogen-bond acceptors (Lipinski definition) is 16. The molecule has 0 radical (unpaired) electrons. The molecule has 6 heterocycles. The maximum atomic E-state index is 12.9. The van der Waals surface area contributed by atoms with Crippen molar-refractivity contribution in [2.45, 2.75) is 40.7 Å². The van der Waals surface area contributed by atoms with Crippen molar-refractivity contribution in [2.24, 2.45) is 11.5 Å². The number of carbonyl (C=O) groups excluding carboxylic acids is 7. The number of ether oxygens (including phenoxy) is 2. The maximum absolute atomic E-state index is 12.9. The summed E-state index contributed by atoms with van der Waals surface area (Å²) >= 11 is 3.78. The zero-order valence-electron chi connectivity index (χ0n) is 33.1. The number of nitrogens with one attached hydrogen (secondary N) is 2. The number of methoxy groups -OCH3 is 1. The molecular weight excluding hydrogens is 923 g/mol. The van der Waals surface area contributed by atoms with E-state index in [1.165, 1.54) is 90.8 Å². The molecule has 3 aromatic rings. The Morgan fingerprint density at radius 1 is 0.969 bits per heavy atom. The van der Waals surface area contributed by atoms with Gasteiger partial charge in [0.2, 0.25) is 17.7 Å². The van der Waals surface area contributed by atoms with Crippen LogP contribution in [0, 0.1) is 0 Å². The van der Waals surface area contributed by atoms with Crippen molar-refractivity contribution in [1.29, 1.82) is 0 Å². The summed E-state index contributed by atoms with van der Waals surface area (Å²) in [7, 11) is -3.58. The van der Waals surface area contributed by atoms with Gasteiger partial charge in [0.25, 0.3) is 27.7 Å². The Balaban J connectivity index is 0.000000219. The second-order valence-corrected chi connectivity index (χ2v) is 18.7. The van der Waals surface area contributed by atoms with E-state index < -0.39 is 85.5 Å². The van der Waals surface area contributed by atoms with E-state index in [9.17, 15) is 61.5 Å². The second-order valence-electron chi connectivity index (χ2n) is 14.0. The van der Waals surface area contributed by atoms with Gasteiger partial charge in [0.1, 0.15) is 29.1 Å². The summed E-state index contributed by atoms with van der Waals surface area (Å²) in [6, 6.07) is 12.6. The SMILES string of the molecule is CO[C@@]1(NC(=O)Cc2cccs2)C(=O)N2C(C(=O)O)=C(COC(N)=O)CS[C@@H]21.NC(=O)c1cc[n+](CC2=C(C(=O)[O-])N3C(=O)[C@@H](NC(=O)C(c4ccccc4)S(=O)(=O)O)[C@H]3SC2)cc1. The Kier molecular flexibility index (Phi) is 14.1.